The standard InChI is InChI=1S/C25H16Cl2N4O2S2/c26-17-5-1-16(2-6-17)24-30-13-19(35-24)14-34-25-21(12-29)22(20(11-28)23(27)31-25)15-3-7-18(8-4-15)33-10-9-32/h1-8,13,32H,9-10,14H2. The van der Waals surface area contributed by atoms with E-state index >= 15 is 0 Å². The zero-order valence-electron chi connectivity index (χ0n) is 18.0. The summed E-state index contributed by atoms with van der Waals surface area (Å²) in [5.74, 6) is 1.10. The van der Waals surface area contributed by atoms with Crippen molar-refractivity contribution >= 4 is 46.3 Å². The van der Waals surface area contributed by atoms with Gasteiger partial charge in [0.05, 0.1) is 17.7 Å². The van der Waals surface area contributed by atoms with Crippen LogP contribution in [-0.2, 0) is 5.75 Å². The van der Waals surface area contributed by atoms with Crippen LogP contribution >= 0.6 is 46.3 Å². The molecule has 4 aromatic rings. The number of halogens is 2. The Hall–Kier alpha value is -3.11. The van der Waals surface area contributed by atoms with E-state index in [4.69, 9.17) is 33.0 Å². The molecule has 2 aromatic carbocycles. The maximum atomic E-state index is 9.99. The second-order valence-corrected chi connectivity index (χ2v) is 9.95. The normalized spacial score (nSPS) is 10.5. The Kier molecular flexibility index (Phi) is 8.25. The minimum Gasteiger partial charge on any atom is -0.491 e. The zero-order valence-corrected chi connectivity index (χ0v) is 21.2. The quantitative estimate of drug-likeness (QED) is 0.199. The van der Waals surface area contributed by atoms with Gasteiger partial charge in [0.15, 0.2) is 0 Å². The number of nitrogens with zero attached hydrogens (tertiary/aromatic N) is 4. The fourth-order valence-electron chi connectivity index (χ4n) is 3.26. The van der Waals surface area contributed by atoms with E-state index in [1.165, 1.54) is 11.8 Å². The van der Waals surface area contributed by atoms with Gasteiger partial charge in [0.25, 0.3) is 0 Å². The number of rotatable bonds is 8. The van der Waals surface area contributed by atoms with E-state index in [1.807, 2.05) is 24.3 Å². The van der Waals surface area contributed by atoms with Crippen LogP contribution in [-0.4, -0.2) is 28.3 Å². The van der Waals surface area contributed by atoms with Gasteiger partial charge in [-0.25, -0.2) is 9.97 Å². The third kappa shape index (κ3) is 5.76. The van der Waals surface area contributed by atoms with E-state index in [0.717, 1.165) is 15.4 Å². The monoisotopic (exact) mass is 538 g/mol. The molecule has 0 bridgehead atoms. The van der Waals surface area contributed by atoms with Crippen LogP contribution in [0.4, 0.5) is 0 Å². The van der Waals surface area contributed by atoms with Crippen LogP contribution in [0.2, 0.25) is 10.2 Å². The van der Waals surface area contributed by atoms with Gasteiger partial charge in [0.1, 0.15) is 39.7 Å². The number of hydrogen-bond donors (Lipinski definition) is 1. The van der Waals surface area contributed by atoms with E-state index in [1.54, 1.807) is 41.8 Å². The Bertz CT molecular complexity index is 1430. The van der Waals surface area contributed by atoms with Crippen molar-refractivity contribution in [2.75, 3.05) is 13.2 Å². The summed E-state index contributed by atoms with van der Waals surface area (Å²) in [7, 11) is 0. The van der Waals surface area contributed by atoms with Gasteiger partial charge >= 0.3 is 0 Å². The molecule has 0 radical (unpaired) electrons. The molecule has 2 heterocycles. The molecule has 0 amide bonds. The highest BCUT2D eigenvalue weighted by Gasteiger charge is 2.21. The Morgan fingerprint density at radius 1 is 0.971 bits per heavy atom. The van der Waals surface area contributed by atoms with Crippen LogP contribution in [0.5, 0.6) is 5.75 Å². The summed E-state index contributed by atoms with van der Waals surface area (Å²) >= 11 is 15.2. The molecule has 0 spiro atoms. The molecule has 174 valence electrons. The highest BCUT2D eigenvalue weighted by atomic mass is 35.5. The number of aliphatic hydroxyl groups is 1. The first kappa shape index (κ1) is 25.0. The zero-order chi connectivity index (χ0) is 24.8. The van der Waals surface area contributed by atoms with Crippen LogP contribution < -0.4 is 4.74 Å². The summed E-state index contributed by atoms with van der Waals surface area (Å²) < 4.78 is 5.40. The SMILES string of the molecule is N#Cc1c(Cl)nc(SCc2cnc(-c3ccc(Cl)cc3)s2)c(C#N)c1-c1ccc(OCCO)cc1. The van der Waals surface area contributed by atoms with Crippen LogP contribution in [0.3, 0.4) is 0 Å². The number of thioether (sulfide) groups is 1. The van der Waals surface area contributed by atoms with E-state index < -0.39 is 0 Å². The molecular weight excluding hydrogens is 523 g/mol. The van der Waals surface area contributed by atoms with Crippen LogP contribution in [0.1, 0.15) is 16.0 Å². The van der Waals surface area contributed by atoms with Crippen molar-refractivity contribution in [1.82, 2.24) is 9.97 Å². The molecule has 0 atom stereocenters. The van der Waals surface area contributed by atoms with Gasteiger partial charge in [-0.1, -0.05) is 59.2 Å². The van der Waals surface area contributed by atoms with E-state index in [9.17, 15) is 10.5 Å². The molecule has 6 nitrogen and oxygen atoms in total. The Balaban J connectivity index is 1.63. The maximum absolute atomic E-state index is 9.99. The Morgan fingerprint density at radius 2 is 1.66 bits per heavy atom. The lowest BCUT2D eigenvalue weighted by Crippen LogP contribution is -2.01. The molecule has 0 aliphatic rings. The Labute approximate surface area is 220 Å². The number of benzene rings is 2. The van der Waals surface area contributed by atoms with Gasteiger partial charge < -0.3 is 9.84 Å². The second kappa shape index (κ2) is 11.5. The summed E-state index contributed by atoms with van der Waals surface area (Å²) in [5, 5.41) is 30.6. The van der Waals surface area contributed by atoms with Crippen molar-refractivity contribution < 1.29 is 9.84 Å². The fraction of sp³-hybridized carbons (Fsp3) is 0.120. The van der Waals surface area contributed by atoms with Crippen LogP contribution in [0.15, 0.2) is 59.8 Å². The molecule has 35 heavy (non-hydrogen) atoms. The van der Waals surface area contributed by atoms with Crippen molar-refractivity contribution in [2.24, 2.45) is 0 Å². The number of aromatic nitrogens is 2. The number of thiazole rings is 1. The number of aliphatic hydroxyl groups excluding tert-OH is 1. The lowest BCUT2D eigenvalue weighted by Gasteiger charge is -2.13. The summed E-state index contributed by atoms with van der Waals surface area (Å²) in [6, 6.07) is 18.7. The molecule has 0 fully saturated rings. The van der Waals surface area contributed by atoms with Gasteiger partial charge in [-0.15, -0.1) is 11.3 Å². The highest BCUT2D eigenvalue weighted by Crippen LogP contribution is 2.38. The third-order valence-corrected chi connectivity index (χ3v) is 7.62. The van der Waals surface area contributed by atoms with Gasteiger partial charge in [0, 0.05) is 33.0 Å². The van der Waals surface area contributed by atoms with E-state index in [0.29, 0.717) is 32.7 Å². The molecule has 0 unspecified atom stereocenters. The van der Waals surface area contributed by atoms with Crippen molar-refractivity contribution in [2.45, 2.75) is 10.8 Å². The van der Waals surface area contributed by atoms with Crippen LogP contribution in [0.25, 0.3) is 21.7 Å². The summed E-state index contributed by atoms with van der Waals surface area (Å²) in [5.41, 5.74) is 2.46. The number of pyridine rings is 1. The molecular formula is C25H16Cl2N4O2S2. The summed E-state index contributed by atoms with van der Waals surface area (Å²) in [4.78, 5) is 9.84. The highest BCUT2D eigenvalue weighted by molar-refractivity contribution is 7.98. The molecule has 1 N–H and O–H groups in total. The predicted molar refractivity (Wildman–Crippen MR) is 139 cm³/mol. The third-order valence-electron chi connectivity index (χ3n) is 4.84. The topological polar surface area (TPSA) is 103 Å². The molecule has 4 rings (SSSR count). The molecule has 0 aliphatic heterocycles. The average molecular weight is 539 g/mol. The molecule has 0 saturated heterocycles. The number of nitriles is 2. The fourth-order valence-corrected chi connectivity index (χ4v) is 5.58. The van der Waals surface area contributed by atoms with E-state index in [-0.39, 0.29) is 29.5 Å². The Morgan fingerprint density at radius 3 is 2.31 bits per heavy atom. The van der Waals surface area contributed by atoms with Crippen LogP contribution in [0, 0.1) is 22.7 Å². The smallest absolute Gasteiger partial charge is 0.148 e. The summed E-state index contributed by atoms with van der Waals surface area (Å²) in [6.07, 6.45) is 1.80. The molecule has 10 heteroatoms. The minimum absolute atomic E-state index is 0.0377. The first-order chi connectivity index (χ1) is 17.0. The number of ether oxygens (including phenoxy) is 1. The lowest BCUT2D eigenvalue weighted by atomic mass is 9.97. The number of hydrogen-bond acceptors (Lipinski definition) is 8. The first-order valence-electron chi connectivity index (χ1n) is 10.2. The molecule has 0 saturated carbocycles. The van der Waals surface area contributed by atoms with Crippen molar-refractivity contribution in [1.29, 1.82) is 10.5 Å². The van der Waals surface area contributed by atoms with E-state index in [2.05, 4.69) is 22.1 Å². The van der Waals surface area contributed by atoms with Gasteiger partial charge in [-0.2, -0.15) is 10.5 Å². The second-order valence-electron chi connectivity index (χ2n) is 7.08. The van der Waals surface area contributed by atoms with Gasteiger partial charge in [-0.3, -0.25) is 0 Å². The van der Waals surface area contributed by atoms with Gasteiger partial charge in [0.2, 0.25) is 0 Å². The minimum atomic E-state index is -0.0968. The largest absolute Gasteiger partial charge is 0.491 e. The molecule has 2 aromatic heterocycles. The predicted octanol–water partition coefficient (Wildman–Crippen LogP) is 6.59. The lowest BCUT2D eigenvalue weighted by molar-refractivity contribution is 0.201. The van der Waals surface area contributed by atoms with Crippen molar-refractivity contribution in [3.05, 3.63) is 80.9 Å². The molecule has 0 aliphatic carbocycles. The first-order valence-corrected chi connectivity index (χ1v) is 12.8. The van der Waals surface area contributed by atoms with Crippen molar-refractivity contribution in [3.63, 3.8) is 0 Å². The average Bonchev–Trinajstić information content (AvgIpc) is 3.35. The van der Waals surface area contributed by atoms with Gasteiger partial charge in [-0.05, 0) is 29.8 Å². The summed E-state index contributed by atoms with van der Waals surface area (Å²) in [6.45, 7) is 0.0752. The maximum Gasteiger partial charge on any atom is 0.148 e. The van der Waals surface area contributed by atoms with Crippen molar-refractivity contribution in [3.8, 4) is 39.6 Å².